The van der Waals surface area contributed by atoms with E-state index < -0.39 is 28.2 Å². The summed E-state index contributed by atoms with van der Waals surface area (Å²) < 4.78 is 2.32. The molecule has 292 valence electrons. The highest BCUT2D eigenvalue weighted by atomic mass is 16.3. The number of benzene rings is 4. The van der Waals surface area contributed by atoms with E-state index in [-0.39, 0.29) is 11.1 Å². The summed E-state index contributed by atoms with van der Waals surface area (Å²) in [6.45, 7) is 14.7. The average Bonchev–Trinajstić information content (AvgIpc) is 3.62. The summed E-state index contributed by atoms with van der Waals surface area (Å²) in [5.41, 5.74) is 5.39. The topological polar surface area (TPSA) is 63.4 Å². The summed E-state index contributed by atoms with van der Waals surface area (Å²) >= 11 is 0. The first-order valence-electron chi connectivity index (χ1n) is 21.4. The van der Waals surface area contributed by atoms with Crippen LogP contribution in [0.25, 0.3) is 21.5 Å². The van der Waals surface area contributed by atoms with E-state index >= 15 is 0 Å². The van der Waals surface area contributed by atoms with Crippen LogP contribution >= 0.6 is 0 Å². The van der Waals surface area contributed by atoms with Crippen molar-refractivity contribution in [2.24, 2.45) is 0 Å². The molecule has 0 radical (unpaired) electrons. The van der Waals surface area contributed by atoms with E-state index in [1.807, 2.05) is 0 Å². The van der Waals surface area contributed by atoms with Gasteiger partial charge in [0.15, 0.2) is 5.71 Å². The van der Waals surface area contributed by atoms with Gasteiger partial charge in [0.25, 0.3) is 0 Å². The Labute approximate surface area is 334 Å². The van der Waals surface area contributed by atoms with Crippen molar-refractivity contribution < 1.29 is 19.3 Å². The molecule has 0 saturated carbocycles. The predicted octanol–water partition coefficient (Wildman–Crippen LogP) is 11.5. The number of ketones is 2. The number of hydrogen-bond donors (Lipinski definition) is 0. The summed E-state index contributed by atoms with van der Waals surface area (Å²) in [6.07, 6.45) is 17.5. The van der Waals surface area contributed by atoms with E-state index in [9.17, 15) is 14.7 Å². The lowest BCUT2D eigenvalue weighted by Crippen LogP contribution is -2.29. The molecule has 0 unspecified atom stereocenters. The van der Waals surface area contributed by atoms with Crippen molar-refractivity contribution in [1.82, 2.24) is 0 Å². The molecule has 3 aliphatic rings. The highest BCUT2D eigenvalue weighted by Gasteiger charge is 2.46. The van der Waals surface area contributed by atoms with Crippen LogP contribution in [0, 0.1) is 0 Å². The first-order chi connectivity index (χ1) is 27.0. The lowest BCUT2D eigenvalue weighted by atomic mass is 9.80. The molecule has 1 aliphatic carbocycles. The van der Waals surface area contributed by atoms with Crippen molar-refractivity contribution >= 4 is 50.2 Å². The molecule has 56 heavy (non-hydrogen) atoms. The molecule has 0 aromatic heterocycles. The zero-order valence-corrected chi connectivity index (χ0v) is 34.6. The van der Waals surface area contributed by atoms with Crippen LogP contribution in [-0.4, -0.2) is 34.9 Å². The SMILES string of the molecule is CCCCCCCCN1/C(=C\C2=C([O-])C(=C/C3=[N+](CCCCCCCC)c4cc5ccccc5cc4C3(C)C)/C(=O)C2=O)C(C)(C)c2cc3ccccc3cc21. The number of unbranched alkanes of at least 4 members (excludes halogenated alkanes) is 10. The molecule has 4 aromatic rings. The number of carbonyl (C=O) groups excluding carboxylic acids is 2. The molecule has 4 aromatic carbocycles. The number of rotatable bonds is 16. The molecule has 2 aliphatic heterocycles. The fourth-order valence-corrected chi connectivity index (χ4v) is 9.35. The number of fused-ring (bicyclic) bond motifs is 4. The van der Waals surface area contributed by atoms with Gasteiger partial charge in [-0.3, -0.25) is 9.59 Å². The zero-order valence-electron chi connectivity index (χ0n) is 34.6. The third-order valence-electron chi connectivity index (χ3n) is 12.7. The normalized spacial score (nSPS) is 18.8. The second kappa shape index (κ2) is 16.4. The molecule has 0 bridgehead atoms. The molecule has 2 heterocycles. The molecular weight excluding hydrogens is 689 g/mol. The monoisotopic (exact) mass is 748 g/mol. The summed E-state index contributed by atoms with van der Waals surface area (Å²) in [4.78, 5) is 30.3. The lowest BCUT2D eigenvalue weighted by molar-refractivity contribution is -0.438. The van der Waals surface area contributed by atoms with Gasteiger partial charge >= 0.3 is 0 Å². The standard InChI is InChI=1S/C51H60N2O3/c1-7-9-11-13-15-21-27-52-43-31-37-25-19-17-23-35(37)29-41(43)50(3,4)45(52)33-39-47(54)40(49(56)48(39)55)34-46-51(5,6)42-30-36-24-18-20-26-38(36)32-44(42)53(46)28-22-16-14-12-10-8-2/h17-20,23-26,29-34H,7-16,21-22,27-28H2,1-6H3. The number of carbonyl (C=O) groups is 2. The Morgan fingerprint density at radius 2 is 1.16 bits per heavy atom. The quantitative estimate of drug-likeness (QED) is 0.0495. The van der Waals surface area contributed by atoms with E-state index in [1.165, 1.54) is 62.5 Å². The van der Waals surface area contributed by atoms with Gasteiger partial charge < -0.3 is 10.0 Å². The van der Waals surface area contributed by atoms with Crippen LogP contribution in [0.15, 0.2) is 108 Å². The van der Waals surface area contributed by atoms with Crippen molar-refractivity contribution in [3.8, 4) is 0 Å². The average molecular weight is 749 g/mol. The molecule has 5 heteroatoms. The molecule has 0 fully saturated rings. The Hall–Kier alpha value is -4.77. The van der Waals surface area contributed by atoms with Crippen LogP contribution in [0.1, 0.15) is 130 Å². The molecular formula is C51H60N2O3. The lowest BCUT2D eigenvalue weighted by Gasteiger charge is -2.28. The maximum absolute atomic E-state index is 14.5. The number of Topliss-reactive ketones (excluding diaryl/α,β-unsaturated/α-hetero) is 2. The van der Waals surface area contributed by atoms with Crippen molar-refractivity contribution in [3.63, 3.8) is 0 Å². The van der Waals surface area contributed by atoms with E-state index in [2.05, 4.69) is 124 Å². The summed E-state index contributed by atoms with van der Waals surface area (Å²) in [6, 6.07) is 25.8. The smallest absolute Gasteiger partial charge is 0.233 e. The molecule has 5 nitrogen and oxygen atoms in total. The molecule has 0 saturated heterocycles. The van der Waals surface area contributed by atoms with E-state index in [1.54, 1.807) is 12.2 Å². The number of hydrogen-bond acceptors (Lipinski definition) is 4. The molecule has 0 spiro atoms. The summed E-state index contributed by atoms with van der Waals surface area (Å²) in [5, 5.41) is 19.2. The maximum Gasteiger partial charge on any atom is 0.233 e. The van der Waals surface area contributed by atoms with Gasteiger partial charge in [-0.25, -0.2) is 0 Å². The van der Waals surface area contributed by atoms with E-state index in [0.717, 1.165) is 83.1 Å². The van der Waals surface area contributed by atoms with Crippen molar-refractivity contribution in [3.05, 3.63) is 119 Å². The maximum atomic E-state index is 14.5. The van der Waals surface area contributed by atoms with Crippen LogP contribution < -0.4 is 10.0 Å². The Morgan fingerprint density at radius 1 is 0.625 bits per heavy atom. The molecule has 0 atom stereocenters. The highest BCUT2D eigenvalue weighted by Crippen LogP contribution is 2.50. The van der Waals surface area contributed by atoms with Crippen molar-refractivity contribution in [2.45, 2.75) is 129 Å². The third kappa shape index (κ3) is 7.30. The van der Waals surface area contributed by atoms with Crippen LogP contribution in [0.3, 0.4) is 0 Å². The van der Waals surface area contributed by atoms with Gasteiger partial charge in [-0.15, -0.1) is 0 Å². The van der Waals surface area contributed by atoms with Crippen molar-refractivity contribution in [1.29, 1.82) is 0 Å². The minimum Gasteiger partial charge on any atom is -0.871 e. The van der Waals surface area contributed by atoms with E-state index in [4.69, 9.17) is 0 Å². The molecule has 7 rings (SSSR count). The van der Waals surface area contributed by atoms with Gasteiger partial charge in [0.1, 0.15) is 6.54 Å². The van der Waals surface area contributed by atoms with Gasteiger partial charge in [-0.2, -0.15) is 4.58 Å². The summed E-state index contributed by atoms with van der Waals surface area (Å²) in [5.74, 6) is -1.87. The summed E-state index contributed by atoms with van der Waals surface area (Å²) in [7, 11) is 0. The van der Waals surface area contributed by atoms with Crippen LogP contribution in [-0.2, 0) is 20.4 Å². The third-order valence-corrected chi connectivity index (χ3v) is 12.7. The first-order valence-corrected chi connectivity index (χ1v) is 21.4. The Bertz CT molecular complexity index is 2300. The largest absolute Gasteiger partial charge is 0.871 e. The van der Waals surface area contributed by atoms with Gasteiger partial charge in [0, 0.05) is 58.6 Å². The van der Waals surface area contributed by atoms with Crippen LogP contribution in [0.2, 0.25) is 0 Å². The number of nitrogens with zero attached hydrogens (tertiary/aromatic N) is 2. The molecule has 0 N–H and O–H groups in total. The van der Waals surface area contributed by atoms with Crippen LogP contribution in [0.4, 0.5) is 11.4 Å². The predicted molar refractivity (Wildman–Crippen MR) is 231 cm³/mol. The molecule has 0 amide bonds. The number of allylic oxidation sites excluding steroid dienone is 5. The van der Waals surface area contributed by atoms with Crippen molar-refractivity contribution in [2.75, 3.05) is 18.0 Å². The zero-order chi connectivity index (χ0) is 39.6. The fourth-order valence-electron chi connectivity index (χ4n) is 9.35. The number of anilines is 1. The highest BCUT2D eigenvalue weighted by molar-refractivity contribution is 6.54. The Balaban J connectivity index is 1.30. The Kier molecular flexibility index (Phi) is 11.5. The first kappa shape index (κ1) is 39.5. The van der Waals surface area contributed by atoms with Crippen LogP contribution in [0.5, 0.6) is 0 Å². The van der Waals surface area contributed by atoms with Gasteiger partial charge in [-0.1, -0.05) is 140 Å². The van der Waals surface area contributed by atoms with E-state index in [0.29, 0.717) is 0 Å². The minimum absolute atomic E-state index is 0.0169. The van der Waals surface area contributed by atoms with Gasteiger partial charge in [0.05, 0.1) is 5.41 Å². The second-order valence-electron chi connectivity index (χ2n) is 17.4. The minimum atomic E-state index is -0.702. The Morgan fingerprint density at radius 3 is 1.79 bits per heavy atom. The fraction of sp³-hybridized carbons (Fsp3) is 0.431. The second-order valence-corrected chi connectivity index (χ2v) is 17.4. The van der Waals surface area contributed by atoms with Gasteiger partial charge in [-0.05, 0) is 78.1 Å². The van der Waals surface area contributed by atoms with Gasteiger partial charge in [0.2, 0.25) is 17.3 Å².